The maximum absolute atomic E-state index is 12.3. The first-order valence-electron chi connectivity index (χ1n) is 8.24. The van der Waals surface area contributed by atoms with E-state index in [4.69, 9.17) is 0 Å². The average molecular weight is 268 g/mol. The predicted molar refractivity (Wildman–Crippen MR) is 81.3 cm³/mol. The van der Waals surface area contributed by atoms with Gasteiger partial charge in [0.05, 0.1) is 0 Å². The molecule has 3 nitrogen and oxygen atoms in total. The van der Waals surface area contributed by atoms with Crippen molar-refractivity contribution in [1.82, 2.24) is 9.80 Å². The van der Waals surface area contributed by atoms with E-state index in [-0.39, 0.29) is 0 Å². The zero-order valence-corrected chi connectivity index (χ0v) is 13.2. The first kappa shape index (κ1) is 16.5. The number of carbonyl (C=O) groups excluding carboxylic acids is 1. The third kappa shape index (κ3) is 5.52. The van der Waals surface area contributed by atoms with Crippen molar-refractivity contribution in [2.24, 2.45) is 0 Å². The molecule has 1 amide bonds. The summed E-state index contributed by atoms with van der Waals surface area (Å²) < 4.78 is 0. The predicted octanol–water partition coefficient (Wildman–Crippen LogP) is 3.29. The van der Waals surface area contributed by atoms with Crippen LogP contribution in [0.2, 0.25) is 0 Å². The average Bonchev–Trinajstić information content (AvgIpc) is 2.44. The molecule has 0 radical (unpaired) electrons. The molecule has 1 aliphatic heterocycles. The number of piperidine rings is 1. The third-order valence-electron chi connectivity index (χ3n) is 4.17. The van der Waals surface area contributed by atoms with Crippen molar-refractivity contribution in [3.63, 3.8) is 0 Å². The Hall–Kier alpha value is -0.570. The Balaban J connectivity index is 2.38. The lowest BCUT2D eigenvalue weighted by molar-refractivity contribution is -0.131. The smallest absolute Gasteiger partial charge is 0.223 e. The topological polar surface area (TPSA) is 23.6 Å². The highest BCUT2D eigenvalue weighted by Crippen LogP contribution is 2.19. The molecule has 1 rings (SSSR count). The Morgan fingerprint density at radius 1 is 1.16 bits per heavy atom. The summed E-state index contributed by atoms with van der Waals surface area (Å²) in [6.07, 6.45) is 8.04. The number of hydrogen-bond donors (Lipinski definition) is 0. The van der Waals surface area contributed by atoms with Crippen LogP contribution in [0.1, 0.15) is 65.7 Å². The van der Waals surface area contributed by atoms with Crippen molar-refractivity contribution in [2.45, 2.75) is 71.8 Å². The number of rotatable bonds is 8. The Morgan fingerprint density at radius 2 is 1.84 bits per heavy atom. The van der Waals surface area contributed by atoms with E-state index in [9.17, 15) is 4.79 Å². The highest BCUT2D eigenvalue weighted by atomic mass is 16.2. The molecule has 0 aliphatic carbocycles. The zero-order valence-electron chi connectivity index (χ0n) is 13.2. The minimum Gasteiger partial charge on any atom is -0.343 e. The molecule has 3 heteroatoms. The summed E-state index contributed by atoms with van der Waals surface area (Å²) in [6.45, 7) is 10.6. The number of amides is 1. The molecular weight excluding hydrogens is 236 g/mol. The van der Waals surface area contributed by atoms with Gasteiger partial charge in [-0.3, -0.25) is 9.69 Å². The van der Waals surface area contributed by atoms with Crippen molar-refractivity contribution in [3.8, 4) is 0 Å². The fraction of sp³-hybridized carbons (Fsp3) is 0.938. The van der Waals surface area contributed by atoms with E-state index >= 15 is 0 Å². The second kappa shape index (κ2) is 9.35. The third-order valence-corrected chi connectivity index (χ3v) is 4.17. The second-order valence-corrected chi connectivity index (χ2v) is 5.72. The molecule has 1 unspecified atom stereocenters. The lowest BCUT2D eigenvalue weighted by Gasteiger charge is -2.35. The molecule has 19 heavy (non-hydrogen) atoms. The summed E-state index contributed by atoms with van der Waals surface area (Å²) in [5.41, 5.74) is 0. The summed E-state index contributed by atoms with van der Waals surface area (Å²) in [6, 6.07) is 0.715. The first-order chi connectivity index (χ1) is 9.22. The summed E-state index contributed by atoms with van der Waals surface area (Å²) in [5, 5.41) is 0. The van der Waals surface area contributed by atoms with Gasteiger partial charge in [-0.15, -0.1) is 0 Å². The largest absolute Gasteiger partial charge is 0.343 e. The molecule has 1 saturated heterocycles. The van der Waals surface area contributed by atoms with Gasteiger partial charge in [-0.2, -0.15) is 0 Å². The number of carbonyl (C=O) groups is 1. The highest BCUT2D eigenvalue weighted by molar-refractivity contribution is 5.76. The fourth-order valence-corrected chi connectivity index (χ4v) is 3.12. The van der Waals surface area contributed by atoms with E-state index in [1.165, 1.54) is 32.2 Å². The Morgan fingerprint density at radius 3 is 2.42 bits per heavy atom. The van der Waals surface area contributed by atoms with Crippen LogP contribution in [0.25, 0.3) is 0 Å². The molecule has 1 fully saturated rings. The van der Waals surface area contributed by atoms with Gasteiger partial charge in [-0.25, -0.2) is 0 Å². The molecule has 0 aromatic rings. The fourth-order valence-electron chi connectivity index (χ4n) is 3.12. The molecule has 0 aromatic carbocycles. The monoisotopic (exact) mass is 268 g/mol. The van der Waals surface area contributed by atoms with Crippen LogP contribution in [0.15, 0.2) is 0 Å². The van der Waals surface area contributed by atoms with Crippen LogP contribution in [0, 0.1) is 0 Å². The molecule has 0 bridgehead atoms. The Labute approximate surface area is 119 Å². The van der Waals surface area contributed by atoms with Crippen LogP contribution < -0.4 is 0 Å². The number of nitrogens with zero attached hydrogens (tertiary/aromatic N) is 2. The molecule has 0 saturated carbocycles. The lowest BCUT2D eigenvalue weighted by atomic mass is 10.00. The van der Waals surface area contributed by atoms with Crippen molar-refractivity contribution in [2.75, 3.05) is 26.2 Å². The second-order valence-electron chi connectivity index (χ2n) is 5.72. The molecule has 1 aliphatic rings. The van der Waals surface area contributed by atoms with E-state index in [1.807, 2.05) is 4.90 Å². The van der Waals surface area contributed by atoms with Gasteiger partial charge in [0.2, 0.25) is 5.91 Å². The van der Waals surface area contributed by atoms with Crippen molar-refractivity contribution in [3.05, 3.63) is 0 Å². The van der Waals surface area contributed by atoms with Gasteiger partial charge in [-0.05, 0) is 38.6 Å². The van der Waals surface area contributed by atoms with E-state index in [1.54, 1.807) is 0 Å². The van der Waals surface area contributed by atoms with Crippen LogP contribution >= 0.6 is 0 Å². The van der Waals surface area contributed by atoms with Crippen molar-refractivity contribution in [1.29, 1.82) is 0 Å². The van der Waals surface area contributed by atoms with E-state index < -0.39 is 0 Å². The van der Waals surface area contributed by atoms with Crippen molar-refractivity contribution >= 4 is 5.91 Å². The van der Waals surface area contributed by atoms with Gasteiger partial charge >= 0.3 is 0 Å². The van der Waals surface area contributed by atoms with Gasteiger partial charge in [0, 0.05) is 32.1 Å². The molecule has 112 valence electrons. The van der Waals surface area contributed by atoms with Crippen molar-refractivity contribution < 1.29 is 4.79 Å². The summed E-state index contributed by atoms with van der Waals surface area (Å²) >= 11 is 0. The standard InChI is InChI=1S/C16H32N2O/c1-4-11-18(12-5-2)16(19)10-14-17-13-8-7-9-15(17)6-3/h15H,4-14H2,1-3H3. The van der Waals surface area contributed by atoms with Gasteiger partial charge in [0.1, 0.15) is 0 Å². The zero-order chi connectivity index (χ0) is 14.1. The quantitative estimate of drug-likeness (QED) is 0.674. The maximum Gasteiger partial charge on any atom is 0.223 e. The minimum atomic E-state index is 0.351. The van der Waals surface area contributed by atoms with Crippen LogP contribution in [-0.4, -0.2) is 47.9 Å². The molecule has 1 heterocycles. The molecular formula is C16H32N2O. The van der Waals surface area contributed by atoms with Crippen LogP contribution in [0.4, 0.5) is 0 Å². The van der Waals surface area contributed by atoms with E-state index in [0.29, 0.717) is 18.4 Å². The van der Waals surface area contributed by atoms with Crippen LogP contribution in [-0.2, 0) is 4.79 Å². The van der Waals surface area contributed by atoms with Gasteiger partial charge < -0.3 is 4.90 Å². The summed E-state index contributed by atoms with van der Waals surface area (Å²) in [7, 11) is 0. The normalized spacial score (nSPS) is 20.5. The lowest BCUT2D eigenvalue weighted by Crippen LogP contribution is -2.42. The molecule has 0 aromatic heterocycles. The van der Waals surface area contributed by atoms with Crippen LogP contribution in [0.5, 0.6) is 0 Å². The summed E-state index contributed by atoms with van der Waals surface area (Å²) in [4.78, 5) is 16.8. The van der Waals surface area contributed by atoms with Gasteiger partial charge in [-0.1, -0.05) is 27.2 Å². The van der Waals surface area contributed by atoms with Gasteiger partial charge in [0.15, 0.2) is 0 Å². The minimum absolute atomic E-state index is 0.351. The SMILES string of the molecule is CCCN(CCC)C(=O)CCN1CCCCC1CC. The first-order valence-corrected chi connectivity index (χ1v) is 8.24. The Bertz CT molecular complexity index is 249. The Kier molecular flexibility index (Phi) is 8.11. The van der Waals surface area contributed by atoms with Gasteiger partial charge in [0.25, 0.3) is 0 Å². The number of hydrogen-bond acceptors (Lipinski definition) is 2. The molecule has 0 N–H and O–H groups in total. The van der Waals surface area contributed by atoms with E-state index in [0.717, 1.165) is 32.5 Å². The molecule has 0 spiro atoms. The number of likely N-dealkylation sites (tertiary alicyclic amines) is 1. The highest BCUT2D eigenvalue weighted by Gasteiger charge is 2.22. The van der Waals surface area contributed by atoms with Crippen LogP contribution in [0.3, 0.4) is 0 Å². The van der Waals surface area contributed by atoms with E-state index in [2.05, 4.69) is 25.7 Å². The molecule has 1 atom stereocenters. The summed E-state index contributed by atoms with van der Waals surface area (Å²) in [5.74, 6) is 0.351. The maximum atomic E-state index is 12.3.